The first-order chi connectivity index (χ1) is 17.9. The lowest BCUT2D eigenvalue weighted by Gasteiger charge is -2.27. The number of aryl methyl sites for hydroxylation is 1. The van der Waals surface area contributed by atoms with Crippen molar-refractivity contribution in [1.29, 1.82) is 0 Å². The number of hydrogen-bond donors (Lipinski definition) is 1. The first-order valence-electron chi connectivity index (χ1n) is 12.0. The van der Waals surface area contributed by atoms with Gasteiger partial charge in [0.25, 0.3) is 11.8 Å². The number of imide groups is 2. The third-order valence-electron chi connectivity index (χ3n) is 5.81. The maximum Gasteiger partial charge on any atom is 0.335 e. The molecule has 1 heterocycles. The van der Waals surface area contributed by atoms with E-state index >= 15 is 0 Å². The summed E-state index contributed by atoms with van der Waals surface area (Å²) in [5.41, 5.74) is 3.34. The molecule has 0 spiro atoms. The Balaban J connectivity index is 1.73. The van der Waals surface area contributed by atoms with Crippen LogP contribution in [0.2, 0.25) is 0 Å². The number of barbiturate groups is 1. The summed E-state index contributed by atoms with van der Waals surface area (Å²) < 4.78 is 12.0. The van der Waals surface area contributed by atoms with Crippen molar-refractivity contribution in [3.8, 4) is 11.5 Å². The summed E-state index contributed by atoms with van der Waals surface area (Å²) in [6, 6.07) is 19.5. The highest BCUT2D eigenvalue weighted by Gasteiger charge is 2.37. The lowest BCUT2D eigenvalue weighted by Crippen LogP contribution is -2.54. The van der Waals surface area contributed by atoms with Gasteiger partial charge < -0.3 is 9.47 Å². The molecule has 0 aliphatic carbocycles. The first kappa shape index (κ1) is 25.4. The fraction of sp³-hybridized carbons (Fsp3) is 0.167. The Morgan fingerprint density at radius 1 is 0.973 bits per heavy atom. The molecule has 0 aromatic heterocycles. The molecule has 1 aliphatic rings. The monoisotopic (exact) mass is 496 g/mol. The molecule has 0 bridgehead atoms. The van der Waals surface area contributed by atoms with Crippen molar-refractivity contribution in [1.82, 2.24) is 5.32 Å². The van der Waals surface area contributed by atoms with Crippen LogP contribution in [0.25, 0.3) is 6.08 Å². The van der Waals surface area contributed by atoms with E-state index in [1.807, 2.05) is 49.4 Å². The van der Waals surface area contributed by atoms with Crippen LogP contribution in [0.4, 0.5) is 10.5 Å². The van der Waals surface area contributed by atoms with Gasteiger partial charge in [0.15, 0.2) is 11.5 Å². The predicted octanol–water partition coefficient (Wildman–Crippen LogP) is 5.37. The highest BCUT2D eigenvalue weighted by atomic mass is 16.5. The second kappa shape index (κ2) is 11.4. The van der Waals surface area contributed by atoms with Crippen LogP contribution in [0.1, 0.15) is 29.2 Å². The minimum Gasteiger partial charge on any atom is -0.490 e. The number of allylic oxidation sites excluding steroid dienone is 1. The molecule has 1 saturated heterocycles. The quantitative estimate of drug-likeness (QED) is 0.245. The Labute approximate surface area is 216 Å². The summed E-state index contributed by atoms with van der Waals surface area (Å²) in [4.78, 5) is 39.6. The Hall–Kier alpha value is -4.65. The van der Waals surface area contributed by atoms with Crippen LogP contribution < -0.4 is 19.7 Å². The van der Waals surface area contributed by atoms with Crippen LogP contribution in [0, 0.1) is 6.92 Å². The summed E-state index contributed by atoms with van der Waals surface area (Å²) >= 11 is 0. The zero-order chi connectivity index (χ0) is 26.4. The molecule has 4 amide bonds. The van der Waals surface area contributed by atoms with Crippen molar-refractivity contribution in [2.24, 2.45) is 0 Å². The molecule has 3 aromatic rings. The van der Waals surface area contributed by atoms with Gasteiger partial charge in [-0.3, -0.25) is 14.9 Å². The molecule has 1 N–H and O–H groups in total. The summed E-state index contributed by atoms with van der Waals surface area (Å²) in [5.74, 6) is -0.396. The van der Waals surface area contributed by atoms with Gasteiger partial charge in [-0.05, 0) is 61.2 Å². The molecular weight excluding hydrogens is 468 g/mol. The first-order valence-corrected chi connectivity index (χ1v) is 12.0. The zero-order valence-electron chi connectivity index (χ0n) is 20.8. The Bertz CT molecular complexity index is 1380. The van der Waals surface area contributed by atoms with Crippen molar-refractivity contribution in [3.05, 3.63) is 107 Å². The second-order valence-corrected chi connectivity index (χ2v) is 8.45. The van der Waals surface area contributed by atoms with Crippen LogP contribution >= 0.6 is 0 Å². The van der Waals surface area contributed by atoms with Gasteiger partial charge in [0.2, 0.25) is 0 Å². The van der Waals surface area contributed by atoms with Gasteiger partial charge in [-0.2, -0.15) is 0 Å². The van der Waals surface area contributed by atoms with Crippen LogP contribution in [-0.2, 0) is 22.6 Å². The average Bonchev–Trinajstić information content (AvgIpc) is 2.88. The van der Waals surface area contributed by atoms with Gasteiger partial charge in [-0.1, -0.05) is 54.6 Å². The molecule has 1 fully saturated rings. The molecule has 0 saturated carbocycles. The fourth-order valence-electron chi connectivity index (χ4n) is 4.09. The zero-order valence-corrected chi connectivity index (χ0v) is 20.8. The number of benzene rings is 3. The predicted molar refractivity (Wildman–Crippen MR) is 142 cm³/mol. The number of urea groups is 1. The van der Waals surface area contributed by atoms with E-state index in [-0.39, 0.29) is 5.57 Å². The van der Waals surface area contributed by atoms with E-state index in [0.29, 0.717) is 42.4 Å². The summed E-state index contributed by atoms with van der Waals surface area (Å²) in [7, 11) is 0. The molecule has 0 radical (unpaired) electrons. The van der Waals surface area contributed by atoms with E-state index in [4.69, 9.17) is 9.47 Å². The lowest BCUT2D eigenvalue weighted by molar-refractivity contribution is -0.122. The Kier molecular flexibility index (Phi) is 7.83. The third-order valence-corrected chi connectivity index (χ3v) is 5.81. The molecule has 0 atom stereocenters. The van der Waals surface area contributed by atoms with Gasteiger partial charge in [0.05, 0.1) is 12.3 Å². The molecule has 0 unspecified atom stereocenters. The number of hydrogen-bond acceptors (Lipinski definition) is 5. The van der Waals surface area contributed by atoms with E-state index in [0.717, 1.165) is 21.6 Å². The van der Waals surface area contributed by atoms with E-state index < -0.39 is 17.8 Å². The maximum atomic E-state index is 13.4. The summed E-state index contributed by atoms with van der Waals surface area (Å²) in [6.07, 6.45) is 3.69. The van der Waals surface area contributed by atoms with E-state index in [2.05, 4.69) is 11.9 Å². The van der Waals surface area contributed by atoms with Crippen LogP contribution in [-0.4, -0.2) is 24.5 Å². The molecule has 188 valence electrons. The molecular formula is C30H28N2O5. The number of nitrogens with one attached hydrogen (secondary N) is 1. The minimum atomic E-state index is -0.784. The molecule has 4 rings (SSSR count). The number of carbonyl (C=O) groups excluding carboxylic acids is 3. The molecule has 7 heteroatoms. The third kappa shape index (κ3) is 5.62. The van der Waals surface area contributed by atoms with Gasteiger partial charge >= 0.3 is 6.03 Å². The standard InChI is InChI=1S/C30H28N2O5/c1-4-11-23-16-22(18-26(36-5-2)27(23)37-19-21-13-7-6-8-14-21)17-24-28(33)31-30(35)32(29(24)34)25-15-10-9-12-20(25)3/h4,6-10,12-18H,1,5,11,19H2,2-3H3,(H,31,33,35)/b24-17+. The van der Waals surface area contributed by atoms with Crippen molar-refractivity contribution in [3.63, 3.8) is 0 Å². The van der Waals surface area contributed by atoms with Crippen LogP contribution in [0.3, 0.4) is 0 Å². The van der Waals surface area contributed by atoms with Crippen molar-refractivity contribution in [2.75, 3.05) is 11.5 Å². The Morgan fingerprint density at radius 2 is 1.70 bits per heavy atom. The number of para-hydroxylation sites is 1. The molecule has 7 nitrogen and oxygen atoms in total. The number of carbonyl (C=O) groups is 3. The van der Waals surface area contributed by atoms with E-state index in [1.54, 1.807) is 37.3 Å². The normalized spacial score (nSPS) is 14.5. The van der Waals surface area contributed by atoms with E-state index in [1.165, 1.54) is 6.08 Å². The van der Waals surface area contributed by atoms with Crippen molar-refractivity contribution < 1.29 is 23.9 Å². The number of rotatable bonds is 9. The highest BCUT2D eigenvalue weighted by Crippen LogP contribution is 2.36. The van der Waals surface area contributed by atoms with Crippen molar-refractivity contribution in [2.45, 2.75) is 26.9 Å². The largest absolute Gasteiger partial charge is 0.490 e. The number of amides is 4. The molecule has 1 aliphatic heterocycles. The minimum absolute atomic E-state index is 0.159. The number of anilines is 1. The maximum absolute atomic E-state index is 13.4. The molecule has 37 heavy (non-hydrogen) atoms. The molecule has 3 aromatic carbocycles. The van der Waals surface area contributed by atoms with Gasteiger partial charge in [-0.25, -0.2) is 9.69 Å². The van der Waals surface area contributed by atoms with Gasteiger partial charge in [0.1, 0.15) is 12.2 Å². The smallest absolute Gasteiger partial charge is 0.335 e. The Morgan fingerprint density at radius 3 is 2.41 bits per heavy atom. The summed E-state index contributed by atoms with van der Waals surface area (Å²) in [5, 5.41) is 2.27. The van der Waals surface area contributed by atoms with Gasteiger partial charge in [-0.15, -0.1) is 6.58 Å². The van der Waals surface area contributed by atoms with E-state index in [9.17, 15) is 14.4 Å². The van der Waals surface area contributed by atoms with Crippen LogP contribution in [0.15, 0.2) is 85.0 Å². The van der Waals surface area contributed by atoms with Crippen molar-refractivity contribution >= 4 is 29.6 Å². The van der Waals surface area contributed by atoms with Crippen LogP contribution in [0.5, 0.6) is 11.5 Å². The average molecular weight is 497 g/mol. The fourth-order valence-corrected chi connectivity index (χ4v) is 4.09. The topological polar surface area (TPSA) is 84.9 Å². The van der Waals surface area contributed by atoms with Gasteiger partial charge in [0, 0.05) is 5.56 Å². The lowest BCUT2D eigenvalue weighted by atomic mass is 10.0. The summed E-state index contributed by atoms with van der Waals surface area (Å²) in [6.45, 7) is 8.24. The second-order valence-electron chi connectivity index (χ2n) is 8.45. The number of nitrogens with zero attached hydrogens (tertiary/aromatic N) is 1. The SMILES string of the molecule is C=CCc1cc(/C=C2\C(=O)NC(=O)N(c3ccccc3C)C2=O)cc(OCC)c1OCc1ccccc1. The number of ether oxygens (including phenoxy) is 2. The highest BCUT2D eigenvalue weighted by molar-refractivity contribution is 6.39.